The van der Waals surface area contributed by atoms with Crippen LogP contribution in [0.2, 0.25) is 0 Å². The van der Waals surface area contributed by atoms with E-state index in [4.69, 9.17) is 0 Å². The van der Waals surface area contributed by atoms with E-state index in [0.29, 0.717) is 12.2 Å². The van der Waals surface area contributed by atoms with E-state index >= 15 is 0 Å². The van der Waals surface area contributed by atoms with Gasteiger partial charge in [-0.25, -0.2) is 8.42 Å². The van der Waals surface area contributed by atoms with Crippen molar-refractivity contribution in [1.29, 1.82) is 0 Å². The molecule has 0 atom stereocenters. The number of nitrogens with one attached hydrogen (secondary N) is 1. The van der Waals surface area contributed by atoms with Crippen LogP contribution < -0.4 is 5.32 Å². The SMILES string of the molecule is Cn1ccc(CNc2ccc(S(=O)(=O)C(F)F)cc2)n1. The number of hydrogen-bond acceptors (Lipinski definition) is 4. The second-order valence-corrected chi connectivity index (χ2v) is 6.08. The van der Waals surface area contributed by atoms with Crippen LogP contribution >= 0.6 is 0 Å². The van der Waals surface area contributed by atoms with Gasteiger partial charge in [0.25, 0.3) is 0 Å². The Morgan fingerprint density at radius 2 is 1.90 bits per heavy atom. The molecule has 1 aromatic heterocycles. The maximum absolute atomic E-state index is 12.4. The third kappa shape index (κ3) is 3.13. The summed E-state index contributed by atoms with van der Waals surface area (Å²) < 4.78 is 48.9. The average molecular weight is 301 g/mol. The van der Waals surface area contributed by atoms with Gasteiger partial charge in [-0.05, 0) is 30.3 Å². The Morgan fingerprint density at radius 1 is 1.25 bits per heavy atom. The maximum Gasteiger partial charge on any atom is 0.341 e. The first kappa shape index (κ1) is 14.4. The molecule has 0 fully saturated rings. The molecule has 0 aliphatic carbocycles. The van der Waals surface area contributed by atoms with Crippen LogP contribution in [0.15, 0.2) is 41.4 Å². The van der Waals surface area contributed by atoms with Crippen molar-refractivity contribution in [2.75, 3.05) is 5.32 Å². The van der Waals surface area contributed by atoms with Gasteiger partial charge >= 0.3 is 5.76 Å². The monoisotopic (exact) mass is 301 g/mol. The molecule has 0 unspecified atom stereocenters. The summed E-state index contributed by atoms with van der Waals surface area (Å²) in [6.07, 6.45) is 1.80. The lowest BCUT2D eigenvalue weighted by Crippen LogP contribution is -2.11. The molecule has 0 aliphatic rings. The Bertz CT molecular complexity index is 681. The highest BCUT2D eigenvalue weighted by atomic mass is 32.2. The highest BCUT2D eigenvalue weighted by Gasteiger charge is 2.26. The van der Waals surface area contributed by atoms with Crippen LogP contribution in [-0.2, 0) is 23.4 Å². The van der Waals surface area contributed by atoms with Crippen molar-refractivity contribution in [2.24, 2.45) is 7.05 Å². The molecule has 1 N–H and O–H groups in total. The zero-order chi connectivity index (χ0) is 14.8. The third-order valence-corrected chi connectivity index (χ3v) is 4.06. The molecule has 0 saturated carbocycles. The Balaban J connectivity index is 2.05. The van der Waals surface area contributed by atoms with Crippen molar-refractivity contribution >= 4 is 15.5 Å². The molecule has 108 valence electrons. The Hall–Kier alpha value is -1.96. The Morgan fingerprint density at radius 3 is 2.40 bits per heavy atom. The molecule has 0 amide bonds. The van der Waals surface area contributed by atoms with Crippen molar-refractivity contribution in [2.45, 2.75) is 17.2 Å². The number of halogens is 2. The molecule has 0 spiro atoms. The second-order valence-electron chi connectivity index (χ2n) is 4.16. The first-order valence-electron chi connectivity index (χ1n) is 5.74. The maximum atomic E-state index is 12.4. The lowest BCUT2D eigenvalue weighted by atomic mass is 10.3. The molecular weight excluding hydrogens is 288 g/mol. The van der Waals surface area contributed by atoms with E-state index in [1.54, 1.807) is 17.9 Å². The largest absolute Gasteiger partial charge is 0.379 e. The normalized spacial score (nSPS) is 11.8. The molecule has 8 heteroatoms. The predicted molar refractivity (Wildman–Crippen MR) is 70.2 cm³/mol. The van der Waals surface area contributed by atoms with Crippen LogP contribution in [0.1, 0.15) is 5.69 Å². The molecule has 2 aromatic rings. The highest BCUT2D eigenvalue weighted by molar-refractivity contribution is 7.91. The highest BCUT2D eigenvalue weighted by Crippen LogP contribution is 2.20. The smallest absolute Gasteiger partial charge is 0.341 e. The summed E-state index contributed by atoms with van der Waals surface area (Å²) in [4.78, 5) is -0.393. The minimum atomic E-state index is -4.53. The second kappa shape index (κ2) is 5.58. The van der Waals surface area contributed by atoms with Gasteiger partial charge < -0.3 is 5.32 Å². The fourth-order valence-electron chi connectivity index (χ4n) is 1.62. The van der Waals surface area contributed by atoms with Crippen LogP contribution in [0.3, 0.4) is 0 Å². The zero-order valence-electron chi connectivity index (χ0n) is 10.6. The minimum Gasteiger partial charge on any atom is -0.379 e. The van der Waals surface area contributed by atoms with Crippen LogP contribution in [0, 0.1) is 0 Å². The number of anilines is 1. The van der Waals surface area contributed by atoms with Gasteiger partial charge in [-0.1, -0.05) is 0 Å². The first-order chi connectivity index (χ1) is 9.39. The van der Waals surface area contributed by atoms with Crippen LogP contribution in [-0.4, -0.2) is 24.0 Å². The van der Waals surface area contributed by atoms with Crippen molar-refractivity contribution in [3.05, 3.63) is 42.2 Å². The van der Waals surface area contributed by atoms with Gasteiger partial charge in [-0.15, -0.1) is 0 Å². The fourth-order valence-corrected chi connectivity index (χ4v) is 2.34. The van der Waals surface area contributed by atoms with Crippen molar-refractivity contribution in [3.8, 4) is 0 Å². The fraction of sp³-hybridized carbons (Fsp3) is 0.250. The van der Waals surface area contributed by atoms with E-state index in [9.17, 15) is 17.2 Å². The number of hydrogen-bond donors (Lipinski definition) is 1. The number of aromatic nitrogens is 2. The molecule has 1 aromatic carbocycles. The van der Waals surface area contributed by atoms with Gasteiger partial charge in [0, 0.05) is 18.9 Å². The van der Waals surface area contributed by atoms with E-state index in [2.05, 4.69) is 10.4 Å². The molecule has 0 saturated heterocycles. The summed E-state index contributed by atoms with van der Waals surface area (Å²) >= 11 is 0. The van der Waals surface area contributed by atoms with Gasteiger partial charge in [-0.2, -0.15) is 13.9 Å². The van der Waals surface area contributed by atoms with E-state index in [-0.39, 0.29) is 0 Å². The topological polar surface area (TPSA) is 64.0 Å². The molecule has 0 radical (unpaired) electrons. The first-order valence-corrected chi connectivity index (χ1v) is 7.29. The summed E-state index contributed by atoms with van der Waals surface area (Å²) in [6.45, 7) is 0.460. The number of benzene rings is 1. The number of rotatable bonds is 5. The van der Waals surface area contributed by atoms with Crippen LogP contribution in [0.4, 0.5) is 14.5 Å². The van der Waals surface area contributed by atoms with Gasteiger partial charge in [0.15, 0.2) is 0 Å². The van der Waals surface area contributed by atoms with Crippen molar-refractivity contribution in [3.63, 3.8) is 0 Å². The van der Waals surface area contributed by atoms with Crippen molar-refractivity contribution < 1.29 is 17.2 Å². The molecule has 1 heterocycles. The average Bonchev–Trinajstić information content (AvgIpc) is 2.82. The Labute approximate surface area is 115 Å². The van der Waals surface area contributed by atoms with E-state index in [1.807, 2.05) is 6.07 Å². The summed E-state index contributed by atoms with van der Waals surface area (Å²) in [5, 5.41) is 7.19. The van der Waals surface area contributed by atoms with E-state index < -0.39 is 20.5 Å². The van der Waals surface area contributed by atoms with Gasteiger partial charge in [0.05, 0.1) is 17.1 Å². The number of aryl methyl sites for hydroxylation is 1. The summed E-state index contributed by atoms with van der Waals surface area (Å²) in [7, 11) is -2.74. The molecule has 2 rings (SSSR count). The third-order valence-electron chi connectivity index (χ3n) is 2.66. The van der Waals surface area contributed by atoms with Gasteiger partial charge in [0.1, 0.15) is 0 Å². The lowest BCUT2D eigenvalue weighted by molar-refractivity contribution is 0.234. The van der Waals surface area contributed by atoms with E-state index in [0.717, 1.165) is 17.8 Å². The molecule has 0 aliphatic heterocycles. The van der Waals surface area contributed by atoms with Crippen LogP contribution in [0.5, 0.6) is 0 Å². The zero-order valence-corrected chi connectivity index (χ0v) is 11.4. The molecular formula is C12H13F2N3O2S. The Kier molecular flexibility index (Phi) is 4.03. The van der Waals surface area contributed by atoms with Crippen molar-refractivity contribution in [1.82, 2.24) is 9.78 Å². The van der Waals surface area contributed by atoms with Crippen LogP contribution in [0.25, 0.3) is 0 Å². The summed E-state index contributed by atoms with van der Waals surface area (Å²) in [5.41, 5.74) is 1.45. The summed E-state index contributed by atoms with van der Waals surface area (Å²) in [6, 6.07) is 7.03. The number of nitrogens with zero attached hydrogens (tertiary/aromatic N) is 2. The predicted octanol–water partition coefficient (Wildman–Crippen LogP) is 2.03. The van der Waals surface area contributed by atoms with Gasteiger partial charge in [0.2, 0.25) is 9.84 Å². The lowest BCUT2D eigenvalue weighted by Gasteiger charge is -2.06. The summed E-state index contributed by atoms with van der Waals surface area (Å²) in [5.74, 6) is -3.41. The van der Waals surface area contributed by atoms with Gasteiger partial charge in [-0.3, -0.25) is 4.68 Å². The van der Waals surface area contributed by atoms with E-state index in [1.165, 1.54) is 12.1 Å². The molecule has 20 heavy (non-hydrogen) atoms. The number of sulfone groups is 1. The number of alkyl halides is 2. The molecule has 0 bridgehead atoms. The quantitative estimate of drug-likeness (QED) is 0.918. The standard InChI is InChI=1S/C12H13F2N3O2S/c1-17-7-6-10(16-17)8-15-9-2-4-11(5-3-9)20(18,19)12(13)14/h2-7,12,15H,8H2,1H3. The molecule has 5 nitrogen and oxygen atoms in total. The minimum absolute atomic E-state index is 0.393.